The Morgan fingerprint density at radius 3 is 2.94 bits per heavy atom. The van der Waals surface area contributed by atoms with Gasteiger partial charge >= 0.3 is 0 Å². The first-order valence-electron chi connectivity index (χ1n) is 6.96. The molecule has 2 N–H and O–H groups in total. The van der Waals surface area contributed by atoms with Gasteiger partial charge < -0.3 is 15.4 Å². The minimum absolute atomic E-state index is 0.188. The summed E-state index contributed by atoms with van der Waals surface area (Å²) in [5.41, 5.74) is 0. The van der Waals surface area contributed by atoms with Crippen molar-refractivity contribution in [3.63, 3.8) is 0 Å². The Morgan fingerprint density at radius 1 is 1.29 bits per heavy atom. The first-order chi connectivity index (χ1) is 8.34. The standard InChI is InChI=1S/C13H24N2O2/c16-13(15-11-4-3-8-14-10-11)7-6-12-5-1-2-9-17-12/h11-12,14H,1-10H2,(H,15,16)/t11-,12?/m1/s1. The highest BCUT2D eigenvalue weighted by Gasteiger charge is 2.18. The molecule has 0 radical (unpaired) electrons. The molecule has 2 atom stereocenters. The molecule has 0 aliphatic carbocycles. The SMILES string of the molecule is O=C(CCC1CCCCO1)N[C@@H]1CCCNC1. The zero-order valence-corrected chi connectivity index (χ0v) is 10.5. The fraction of sp³-hybridized carbons (Fsp3) is 0.923. The van der Waals surface area contributed by atoms with Crippen LogP contribution in [0.25, 0.3) is 0 Å². The molecule has 2 fully saturated rings. The molecule has 0 spiro atoms. The van der Waals surface area contributed by atoms with Gasteiger partial charge in [0.05, 0.1) is 6.10 Å². The predicted molar refractivity (Wildman–Crippen MR) is 66.9 cm³/mol. The van der Waals surface area contributed by atoms with Crippen molar-refractivity contribution in [3.8, 4) is 0 Å². The lowest BCUT2D eigenvalue weighted by molar-refractivity contribution is -0.122. The predicted octanol–water partition coefficient (Wildman–Crippen LogP) is 1.20. The van der Waals surface area contributed by atoms with E-state index in [1.54, 1.807) is 0 Å². The van der Waals surface area contributed by atoms with E-state index < -0.39 is 0 Å². The normalized spacial score (nSPS) is 29.9. The summed E-state index contributed by atoms with van der Waals surface area (Å²) in [6.07, 6.45) is 7.63. The summed E-state index contributed by atoms with van der Waals surface area (Å²) in [5.74, 6) is 0.188. The molecule has 2 aliphatic rings. The molecular weight excluding hydrogens is 216 g/mol. The Kier molecular flexibility index (Phi) is 5.26. The molecule has 17 heavy (non-hydrogen) atoms. The number of nitrogens with one attached hydrogen (secondary N) is 2. The van der Waals surface area contributed by atoms with Crippen molar-refractivity contribution < 1.29 is 9.53 Å². The van der Waals surface area contributed by atoms with Crippen molar-refractivity contribution in [2.75, 3.05) is 19.7 Å². The number of hydrogen-bond donors (Lipinski definition) is 2. The van der Waals surface area contributed by atoms with Gasteiger partial charge in [0.25, 0.3) is 0 Å². The molecule has 2 aliphatic heterocycles. The van der Waals surface area contributed by atoms with Gasteiger partial charge in [-0.1, -0.05) is 0 Å². The summed E-state index contributed by atoms with van der Waals surface area (Å²) in [6.45, 7) is 2.88. The van der Waals surface area contributed by atoms with E-state index in [2.05, 4.69) is 10.6 Å². The molecule has 0 aromatic heterocycles. The number of rotatable bonds is 4. The van der Waals surface area contributed by atoms with E-state index in [0.29, 0.717) is 18.6 Å². The highest BCUT2D eigenvalue weighted by Crippen LogP contribution is 2.16. The Hall–Kier alpha value is -0.610. The topological polar surface area (TPSA) is 50.4 Å². The molecule has 2 saturated heterocycles. The highest BCUT2D eigenvalue weighted by molar-refractivity contribution is 5.76. The van der Waals surface area contributed by atoms with Crippen LogP contribution >= 0.6 is 0 Å². The molecular formula is C13H24N2O2. The van der Waals surface area contributed by atoms with Gasteiger partial charge in [0.15, 0.2) is 0 Å². The molecule has 0 aromatic rings. The summed E-state index contributed by atoms with van der Waals surface area (Å²) in [4.78, 5) is 11.8. The second-order valence-corrected chi connectivity index (χ2v) is 5.14. The van der Waals surface area contributed by atoms with Gasteiger partial charge in [0.2, 0.25) is 5.91 Å². The van der Waals surface area contributed by atoms with E-state index in [1.807, 2.05) is 0 Å². The minimum Gasteiger partial charge on any atom is -0.378 e. The monoisotopic (exact) mass is 240 g/mol. The zero-order chi connectivity index (χ0) is 11.9. The van der Waals surface area contributed by atoms with Crippen molar-refractivity contribution in [3.05, 3.63) is 0 Å². The zero-order valence-electron chi connectivity index (χ0n) is 10.5. The van der Waals surface area contributed by atoms with Crippen LogP contribution in [0.5, 0.6) is 0 Å². The van der Waals surface area contributed by atoms with Gasteiger partial charge in [-0.25, -0.2) is 0 Å². The number of piperidine rings is 1. The highest BCUT2D eigenvalue weighted by atomic mass is 16.5. The molecule has 2 heterocycles. The maximum Gasteiger partial charge on any atom is 0.220 e. The summed E-state index contributed by atoms with van der Waals surface area (Å²) in [5, 5.41) is 6.41. The second kappa shape index (κ2) is 6.97. The van der Waals surface area contributed by atoms with Crippen LogP contribution < -0.4 is 10.6 Å². The van der Waals surface area contributed by atoms with E-state index in [1.165, 1.54) is 12.8 Å². The largest absolute Gasteiger partial charge is 0.378 e. The Bertz CT molecular complexity index is 234. The van der Waals surface area contributed by atoms with Crippen LogP contribution in [0, 0.1) is 0 Å². The molecule has 1 amide bonds. The summed E-state index contributed by atoms with van der Waals surface area (Å²) in [6, 6.07) is 0.337. The third kappa shape index (κ3) is 4.64. The third-order valence-corrected chi connectivity index (χ3v) is 3.63. The van der Waals surface area contributed by atoms with Crippen LogP contribution in [-0.2, 0) is 9.53 Å². The average Bonchev–Trinajstić information content (AvgIpc) is 2.39. The fourth-order valence-corrected chi connectivity index (χ4v) is 2.60. The van der Waals surface area contributed by atoms with Crippen LogP contribution in [0.3, 0.4) is 0 Å². The van der Waals surface area contributed by atoms with Crippen molar-refractivity contribution in [1.82, 2.24) is 10.6 Å². The molecule has 1 unspecified atom stereocenters. The summed E-state index contributed by atoms with van der Waals surface area (Å²) >= 11 is 0. The van der Waals surface area contributed by atoms with Crippen molar-refractivity contribution >= 4 is 5.91 Å². The van der Waals surface area contributed by atoms with E-state index in [4.69, 9.17) is 4.74 Å². The smallest absolute Gasteiger partial charge is 0.220 e. The Morgan fingerprint density at radius 2 is 2.24 bits per heavy atom. The number of hydrogen-bond acceptors (Lipinski definition) is 3. The third-order valence-electron chi connectivity index (χ3n) is 3.63. The lowest BCUT2D eigenvalue weighted by Gasteiger charge is -2.25. The van der Waals surface area contributed by atoms with Crippen LogP contribution in [-0.4, -0.2) is 37.7 Å². The lowest BCUT2D eigenvalue weighted by Crippen LogP contribution is -2.45. The number of carbonyl (C=O) groups excluding carboxylic acids is 1. The summed E-state index contributed by atoms with van der Waals surface area (Å²) in [7, 11) is 0. The minimum atomic E-state index is 0.188. The van der Waals surface area contributed by atoms with Gasteiger partial charge in [-0.2, -0.15) is 0 Å². The van der Waals surface area contributed by atoms with Crippen LogP contribution in [0.4, 0.5) is 0 Å². The Labute approximate surface area is 103 Å². The van der Waals surface area contributed by atoms with Gasteiger partial charge in [-0.05, 0) is 45.1 Å². The van der Waals surface area contributed by atoms with Crippen molar-refractivity contribution in [2.45, 2.75) is 57.1 Å². The van der Waals surface area contributed by atoms with Gasteiger partial charge in [-0.3, -0.25) is 4.79 Å². The van der Waals surface area contributed by atoms with Crippen molar-refractivity contribution in [2.24, 2.45) is 0 Å². The first kappa shape index (κ1) is 12.8. The number of carbonyl (C=O) groups is 1. The van der Waals surface area contributed by atoms with Crippen LogP contribution in [0.1, 0.15) is 44.9 Å². The number of amides is 1. The quantitative estimate of drug-likeness (QED) is 0.776. The second-order valence-electron chi connectivity index (χ2n) is 5.14. The first-order valence-corrected chi connectivity index (χ1v) is 6.96. The Balaban J connectivity index is 1.59. The van der Waals surface area contributed by atoms with E-state index in [0.717, 1.165) is 45.4 Å². The summed E-state index contributed by atoms with van der Waals surface area (Å²) < 4.78 is 5.63. The molecule has 4 nitrogen and oxygen atoms in total. The molecule has 98 valence electrons. The van der Waals surface area contributed by atoms with Gasteiger partial charge in [0.1, 0.15) is 0 Å². The molecule has 0 aromatic carbocycles. The van der Waals surface area contributed by atoms with E-state index in [-0.39, 0.29) is 5.91 Å². The van der Waals surface area contributed by atoms with Gasteiger partial charge in [-0.15, -0.1) is 0 Å². The average molecular weight is 240 g/mol. The fourth-order valence-electron chi connectivity index (χ4n) is 2.60. The molecule has 4 heteroatoms. The number of ether oxygens (including phenoxy) is 1. The van der Waals surface area contributed by atoms with Gasteiger partial charge in [0, 0.05) is 25.6 Å². The lowest BCUT2D eigenvalue weighted by atomic mass is 10.0. The van der Waals surface area contributed by atoms with Crippen LogP contribution in [0.2, 0.25) is 0 Å². The molecule has 0 bridgehead atoms. The van der Waals surface area contributed by atoms with E-state index >= 15 is 0 Å². The van der Waals surface area contributed by atoms with Crippen LogP contribution in [0.15, 0.2) is 0 Å². The maximum absolute atomic E-state index is 11.8. The van der Waals surface area contributed by atoms with Crippen molar-refractivity contribution in [1.29, 1.82) is 0 Å². The molecule has 2 rings (SSSR count). The molecule has 0 saturated carbocycles. The van der Waals surface area contributed by atoms with E-state index in [9.17, 15) is 4.79 Å². The maximum atomic E-state index is 11.8.